The third-order valence-corrected chi connectivity index (χ3v) is 5.46. The summed E-state index contributed by atoms with van der Waals surface area (Å²) in [6.07, 6.45) is 4.72. The minimum atomic E-state index is -0.397. The number of hydrogen-bond donors (Lipinski definition) is 2. The molecule has 8 heteroatoms. The Morgan fingerprint density at radius 1 is 1.22 bits per heavy atom. The summed E-state index contributed by atoms with van der Waals surface area (Å²) >= 11 is 0. The molecule has 1 aromatic heterocycles. The SMILES string of the molecule is Cl.O=C([C@@H]1C[C@@H](O)CN1)N1CCC(Cc2nncn2-c2ccccc2)CC1. The fourth-order valence-electron chi connectivity index (χ4n) is 3.94. The van der Waals surface area contributed by atoms with Gasteiger partial charge in [-0.05, 0) is 37.3 Å². The lowest BCUT2D eigenvalue weighted by Gasteiger charge is -2.33. The van der Waals surface area contributed by atoms with Gasteiger partial charge >= 0.3 is 0 Å². The van der Waals surface area contributed by atoms with Gasteiger partial charge in [0, 0.05) is 31.7 Å². The van der Waals surface area contributed by atoms with Crippen molar-refractivity contribution in [2.75, 3.05) is 19.6 Å². The number of β-amino-alcohol motifs (C(OH)–C–C–N with tert-alkyl or cyclic N) is 1. The van der Waals surface area contributed by atoms with Crippen LogP contribution in [0.2, 0.25) is 0 Å². The summed E-state index contributed by atoms with van der Waals surface area (Å²) in [7, 11) is 0. The maximum absolute atomic E-state index is 12.5. The molecule has 146 valence electrons. The topological polar surface area (TPSA) is 83.3 Å². The molecule has 0 bridgehead atoms. The van der Waals surface area contributed by atoms with E-state index in [4.69, 9.17) is 0 Å². The highest BCUT2D eigenvalue weighted by atomic mass is 35.5. The molecule has 4 rings (SSSR count). The van der Waals surface area contributed by atoms with E-state index in [1.165, 1.54) is 0 Å². The fourth-order valence-corrected chi connectivity index (χ4v) is 3.94. The number of amides is 1. The highest BCUT2D eigenvalue weighted by Gasteiger charge is 2.33. The Kier molecular flexibility index (Phi) is 6.46. The number of nitrogens with one attached hydrogen (secondary N) is 1. The molecule has 27 heavy (non-hydrogen) atoms. The van der Waals surface area contributed by atoms with E-state index in [-0.39, 0.29) is 24.4 Å². The van der Waals surface area contributed by atoms with Gasteiger partial charge in [-0.1, -0.05) is 18.2 Å². The summed E-state index contributed by atoms with van der Waals surface area (Å²) in [4.78, 5) is 14.5. The molecule has 0 radical (unpaired) electrons. The van der Waals surface area contributed by atoms with Gasteiger partial charge < -0.3 is 15.3 Å². The van der Waals surface area contributed by atoms with Crippen molar-refractivity contribution in [3.8, 4) is 5.69 Å². The van der Waals surface area contributed by atoms with Gasteiger partial charge in [0.2, 0.25) is 5.91 Å². The highest BCUT2D eigenvalue weighted by molar-refractivity contribution is 5.85. The van der Waals surface area contributed by atoms with E-state index in [1.807, 2.05) is 27.7 Å². The van der Waals surface area contributed by atoms with Gasteiger partial charge in [0.1, 0.15) is 12.2 Å². The molecule has 2 aliphatic rings. The number of carbonyl (C=O) groups excluding carboxylic acids is 1. The van der Waals surface area contributed by atoms with Crippen molar-refractivity contribution in [2.45, 2.75) is 37.8 Å². The van der Waals surface area contributed by atoms with E-state index >= 15 is 0 Å². The van der Waals surface area contributed by atoms with Crippen LogP contribution in [0.1, 0.15) is 25.1 Å². The second kappa shape index (κ2) is 8.82. The average Bonchev–Trinajstić information content (AvgIpc) is 3.31. The molecule has 2 aromatic rings. The van der Waals surface area contributed by atoms with Crippen LogP contribution in [0.15, 0.2) is 36.7 Å². The van der Waals surface area contributed by atoms with Gasteiger partial charge in [-0.15, -0.1) is 22.6 Å². The van der Waals surface area contributed by atoms with E-state index in [9.17, 15) is 9.90 Å². The first-order valence-electron chi connectivity index (χ1n) is 9.35. The Balaban J connectivity index is 0.00000210. The third kappa shape index (κ3) is 4.48. The Bertz CT molecular complexity index is 746. The van der Waals surface area contributed by atoms with Gasteiger partial charge in [-0.3, -0.25) is 9.36 Å². The number of rotatable bonds is 4. The standard InChI is InChI=1S/C19H25N5O2.ClH/c25-16-11-17(20-12-16)19(26)23-8-6-14(7-9-23)10-18-22-21-13-24(18)15-4-2-1-3-5-15;/h1-5,13-14,16-17,20,25H,6-12H2;1H/t16-,17+;/m1./s1. The number of aromatic nitrogens is 3. The maximum Gasteiger partial charge on any atom is 0.239 e. The van der Waals surface area contributed by atoms with Crippen molar-refractivity contribution in [3.63, 3.8) is 0 Å². The summed E-state index contributed by atoms with van der Waals surface area (Å²) < 4.78 is 2.04. The van der Waals surface area contributed by atoms with E-state index in [0.29, 0.717) is 18.9 Å². The molecular weight excluding hydrogens is 366 g/mol. The van der Waals surface area contributed by atoms with E-state index < -0.39 is 6.10 Å². The molecule has 2 fully saturated rings. The van der Waals surface area contributed by atoms with Crippen LogP contribution < -0.4 is 5.32 Å². The molecule has 2 atom stereocenters. The Labute approximate surface area is 165 Å². The Morgan fingerprint density at radius 3 is 2.63 bits per heavy atom. The molecule has 2 saturated heterocycles. The summed E-state index contributed by atoms with van der Waals surface area (Å²) in [5, 5.41) is 21.1. The number of likely N-dealkylation sites (tertiary alicyclic amines) is 1. The lowest BCUT2D eigenvalue weighted by atomic mass is 9.92. The molecule has 2 N–H and O–H groups in total. The summed E-state index contributed by atoms with van der Waals surface area (Å²) in [6.45, 7) is 2.07. The highest BCUT2D eigenvalue weighted by Crippen LogP contribution is 2.23. The number of para-hydroxylation sites is 1. The average molecular weight is 392 g/mol. The Hall–Kier alpha value is -1.96. The summed E-state index contributed by atoms with van der Waals surface area (Å²) in [5.74, 6) is 1.61. The first-order valence-corrected chi connectivity index (χ1v) is 9.35. The Morgan fingerprint density at radius 2 is 1.96 bits per heavy atom. The van der Waals surface area contributed by atoms with Crippen LogP contribution in [0.3, 0.4) is 0 Å². The summed E-state index contributed by atoms with van der Waals surface area (Å²) in [6, 6.07) is 9.91. The minimum Gasteiger partial charge on any atom is -0.392 e. The molecule has 0 aliphatic carbocycles. The van der Waals surface area contributed by atoms with Crippen molar-refractivity contribution < 1.29 is 9.90 Å². The van der Waals surface area contributed by atoms with Crippen LogP contribution >= 0.6 is 12.4 Å². The third-order valence-electron chi connectivity index (χ3n) is 5.46. The van der Waals surface area contributed by atoms with Crippen molar-refractivity contribution in [3.05, 3.63) is 42.5 Å². The minimum absolute atomic E-state index is 0. The van der Waals surface area contributed by atoms with Gasteiger partial charge in [0.15, 0.2) is 0 Å². The number of carbonyl (C=O) groups is 1. The molecule has 0 spiro atoms. The van der Waals surface area contributed by atoms with E-state index in [1.54, 1.807) is 6.33 Å². The quantitative estimate of drug-likeness (QED) is 0.818. The van der Waals surface area contributed by atoms with Crippen molar-refractivity contribution >= 4 is 18.3 Å². The molecule has 1 aromatic carbocycles. The number of benzene rings is 1. The van der Waals surface area contributed by atoms with Crippen LogP contribution in [0, 0.1) is 5.92 Å². The molecule has 2 aliphatic heterocycles. The summed E-state index contributed by atoms with van der Waals surface area (Å²) in [5.41, 5.74) is 1.07. The maximum atomic E-state index is 12.5. The van der Waals surface area contributed by atoms with Gasteiger partial charge in [0.05, 0.1) is 12.1 Å². The zero-order chi connectivity index (χ0) is 17.9. The normalized spacial score (nSPS) is 23.2. The number of aliphatic hydroxyl groups excluding tert-OH is 1. The molecular formula is C19H26ClN5O2. The predicted molar refractivity (Wildman–Crippen MR) is 104 cm³/mol. The van der Waals surface area contributed by atoms with E-state index in [2.05, 4.69) is 27.6 Å². The fraction of sp³-hybridized carbons (Fsp3) is 0.526. The van der Waals surface area contributed by atoms with Crippen LogP contribution in [0.4, 0.5) is 0 Å². The monoisotopic (exact) mass is 391 g/mol. The van der Waals surface area contributed by atoms with Crippen LogP contribution in [0.5, 0.6) is 0 Å². The number of piperidine rings is 1. The second-order valence-corrected chi connectivity index (χ2v) is 7.28. The second-order valence-electron chi connectivity index (χ2n) is 7.28. The number of halogens is 1. The molecule has 7 nitrogen and oxygen atoms in total. The zero-order valence-corrected chi connectivity index (χ0v) is 16.0. The number of nitrogens with zero attached hydrogens (tertiary/aromatic N) is 4. The molecule has 1 amide bonds. The lowest BCUT2D eigenvalue weighted by molar-refractivity contribution is -0.134. The molecule has 3 heterocycles. The van der Waals surface area contributed by atoms with Crippen LogP contribution in [-0.2, 0) is 11.2 Å². The molecule has 0 unspecified atom stereocenters. The lowest BCUT2D eigenvalue weighted by Crippen LogP contribution is -2.47. The zero-order valence-electron chi connectivity index (χ0n) is 15.2. The van der Waals surface area contributed by atoms with Crippen LogP contribution in [0.25, 0.3) is 5.69 Å². The van der Waals surface area contributed by atoms with E-state index in [0.717, 1.165) is 43.9 Å². The largest absolute Gasteiger partial charge is 0.392 e. The molecule has 0 saturated carbocycles. The number of hydrogen-bond acceptors (Lipinski definition) is 5. The van der Waals surface area contributed by atoms with Crippen molar-refractivity contribution in [1.29, 1.82) is 0 Å². The first-order chi connectivity index (χ1) is 12.7. The van der Waals surface area contributed by atoms with Crippen molar-refractivity contribution in [1.82, 2.24) is 25.0 Å². The van der Waals surface area contributed by atoms with Crippen LogP contribution in [-0.4, -0.2) is 62.5 Å². The van der Waals surface area contributed by atoms with Crippen molar-refractivity contribution in [2.24, 2.45) is 5.92 Å². The smallest absolute Gasteiger partial charge is 0.239 e. The number of aliphatic hydroxyl groups is 1. The van der Waals surface area contributed by atoms with Gasteiger partial charge in [0.25, 0.3) is 0 Å². The predicted octanol–water partition coefficient (Wildman–Crippen LogP) is 1.19. The van der Waals surface area contributed by atoms with Gasteiger partial charge in [-0.25, -0.2) is 0 Å². The first kappa shape index (κ1) is 19.8. The van der Waals surface area contributed by atoms with Gasteiger partial charge in [-0.2, -0.15) is 0 Å².